The van der Waals surface area contributed by atoms with E-state index in [-0.39, 0.29) is 11.4 Å². The lowest BCUT2D eigenvalue weighted by Crippen LogP contribution is -2.34. The Morgan fingerprint density at radius 3 is 2.86 bits per heavy atom. The van der Waals surface area contributed by atoms with Crippen LogP contribution in [0.15, 0.2) is 34.0 Å². The van der Waals surface area contributed by atoms with Crippen LogP contribution in [0.2, 0.25) is 0 Å². The van der Waals surface area contributed by atoms with Gasteiger partial charge in [-0.1, -0.05) is 0 Å². The van der Waals surface area contributed by atoms with Crippen molar-refractivity contribution < 1.29 is 19.0 Å². The van der Waals surface area contributed by atoms with Crippen LogP contribution in [0.1, 0.15) is 0 Å². The number of amides is 1. The molecule has 0 radical (unpaired) electrons. The van der Waals surface area contributed by atoms with Gasteiger partial charge in [0.05, 0.1) is 19.0 Å². The molecule has 1 amide bonds. The monoisotopic (exact) mass is 309 g/mol. The van der Waals surface area contributed by atoms with Gasteiger partial charge in [-0.2, -0.15) is 4.39 Å². The molecular formula is C13H12FN3O5. The largest absolute Gasteiger partial charge is 0.506 e. The van der Waals surface area contributed by atoms with Crippen LogP contribution in [-0.4, -0.2) is 27.7 Å². The van der Waals surface area contributed by atoms with E-state index in [0.29, 0.717) is 16.5 Å². The smallest absolute Gasteiger partial charge is 0.328 e. The van der Waals surface area contributed by atoms with Gasteiger partial charge in [0, 0.05) is 6.07 Å². The van der Waals surface area contributed by atoms with Crippen molar-refractivity contribution in [3.63, 3.8) is 0 Å². The molecule has 8 nitrogen and oxygen atoms in total. The number of rotatable bonds is 4. The molecule has 0 unspecified atom stereocenters. The number of benzene rings is 1. The highest BCUT2D eigenvalue weighted by Crippen LogP contribution is 2.27. The molecule has 0 aliphatic heterocycles. The van der Waals surface area contributed by atoms with Crippen LogP contribution in [-0.2, 0) is 11.3 Å². The van der Waals surface area contributed by atoms with E-state index >= 15 is 0 Å². The molecule has 0 aliphatic carbocycles. The topological polar surface area (TPSA) is 113 Å². The third-order valence-corrected chi connectivity index (χ3v) is 2.76. The maximum atomic E-state index is 13.1. The van der Waals surface area contributed by atoms with Crippen LogP contribution in [0, 0.1) is 5.82 Å². The van der Waals surface area contributed by atoms with E-state index in [1.807, 2.05) is 0 Å². The minimum atomic E-state index is -1.18. The Bertz CT molecular complexity index is 827. The zero-order valence-electron chi connectivity index (χ0n) is 11.4. The van der Waals surface area contributed by atoms with Crippen molar-refractivity contribution in [1.82, 2.24) is 9.55 Å². The van der Waals surface area contributed by atoms with E-state index in [9.17, 15) is 23.9 Å². The van der Waals surface area contributed by atoms with E-state index in [1.165, 1.54) is 25.3 Å². The molecule has 0 saturated heterocycles. The average molecular weight is 309 g/mol. The normalized spacial score (nSPS) is 10.3. The number of phenols is 1. The summed E-state index contributed by atoms with van der Waals surface area (Å²) in [4.78, 5) is 35.9. The summed E-state index contributed by atoms with van der Waals surface area (Å²) < 4.78 is 18.8. The van der Waals surface area contributed by atoms with Gasteiger partial charge in [0.15, 0.2) is 0 Å². The Morgan fingerprint density at radius 2 is 2.18 bits per heavy atom. The van der Waals surface area contributed by atoms with Gasteiger partial charge in [0.1, 0.15) is 18.0 Å². The van der Waals surface area contributed by atoms with Gasteiger partial charge in [-0.15, -0.1) is 0 Å². The molecule has 1 aromatic carbocycles. The minimum absolute atomic E-state index is 0.0716. The fourth-order valence-electron chi connectivity index (χ4n) is 1.69. The number of aromatic amines is 1. The lowest BCUT2D eigenvalue weighted by molar-refractivity contribution is -0.116. The van der Waals surface area contributed by atoms with Crippen LogP contribution in [0.25, 0.3) is 0 Å². The van der Waals surface area contributed by atoms with Crippen molar-refractivity contribution in [1.29, 1.82) is 0 Å². The van der Waals surface area contributed by atoms with Crippen LogP contribution >= 0.6 is 0 Å². The summed E-state index contributed by atoms with van der Waals surface area (Å²) in [7, 11) is 1.42. The first-order valence-corrected chi connectivity index (χ1v) is 6.07. The summed E-state index contributed by atoms with van der Waals surface area (Å²) in [5, 5.41) is 12.0. The highest BCUT2D eigenvalue weighted by atomic mass is 19.1. The van der Waals surface area contributed by atoms with Crippen LogP contribution in [0.3, 0.4) is 0 Å². The first kappa shape index (κ1) is 15.3. The summed E-state index contributed by atoms with van der Waals surface area (Å²) in [6.07, 6.45) is 0.631. The number of nitrogens with zero attached hydrogens (tertiary/aromatic N) is 1. The van der Waals surface area contributed by atoms with Crippen molar-refractivity contribution >= 4 is 11.6 Å². The Labute approximate surface area is 122 Å². The molecule has 1 heterocycles. The average Bonchev–Trinajstić information content (AvgIpc) is 2.47. The lowest BCUT2D eigenvalue weighted by Gasteiger charge is -2.10. The Balaban J connectivity index is 2.19. The molecular weight excluding hydrogens is 297 g/mol. The van der Waals surface area contributed by atoms with Gasteiger partial charge in [0.25, 0.3) is 5.56 Å². The highest BCUT2D eigenvalue weighted by molar-refractivity contribution is 5.92. The number of hydrogen-bond donors (Lipinski definition) is 3. The Kier molecular flexibility index (Phi) is 4.25. The zero-order chi connectivity index (χ0) is 16.3. The predicted octanol–water partition coefficient (Wildman–Crippen LogP) is 0.0286. The van der Waals surface area contributed by atoms with Crippen LogP contribution < -0.4 is 21.3 Å². The second-order valence-electron chi connectivity index (χ2n) is 4.30. The first-order valence-electron chi connectivity index (χ1n) is 6.07. The maximum absolute atomic E-state index is 13.1. The number of aromatic nitrogens is 2. The van der Waals surface area contributed by atoms with Gasteiger partial charge in [-0.25, -0.2) is 4.79 Å². The molecule has 3 N–H and O–H groups in total. The summed E-state index contributed by atoms with van der Waals surface area (Å²) in [6.45, 7) is -0.539. The van der Waals surface area contributed by atoms with Crippen molar-refractivity contribution in [3.05, 3.63) is 51.1 Å². The van der Waals surface area contributed by atoms with E-state index in [2.05, 4.69) is 5.32 Å². The molecule has 0 bridgehead atoms. The van der Waals surface area contributed by atoms with Crippen molar-refractivity contribution in [3.8, 4) is 11.5 Å². The first-order chi connectivity index (χ1) is 10.4. The number of aromatic hydroxyl groups is 1. The fourth-order valence-corrected chi connectivity index (χ4v) is 1.69. The molecule has 1 aromatic heterocycles. The molecule has 0 aliphatic rings. The van der Waals surface area contributed by atoms with E-state index in [4.69, 9.17) is 4.74 Å². The van der Waals surface area contributed by atoms with Gasteiger partial charge in [-0.3, -0.25) is 19.1 Å². The fraction of sp³-hybridized carbons (Fsp3) is 0.154. The minimum Gasteiger partial charge on any atom is -0.506 e. The number of nitrogens with one attached hydrogen (secondary N) is 2. The summed E-state index contributed by atoms with van der Waals surface area (Å²) in [6, 6.07) is 4.19. The van der Waals surface area contributed by atoms with E-state index in [0.717, 1.165) is 0 Å². The molecule has 22 heavy (non-hydrogen) atoms. The molecule has 2 rings (SSSR count). The number of carbonyl (C=O) groups is 1. The number of anilines is 1. The quantitative estimate of drug-likeness (QED) is 0.690. The predicted molar refractivity (Wildman–Crippen MR) is 74.6 cm³/mol. The van der Waals surface area contributed by atoms with Gasteiger partial charge >= 0.3 is 5.69 Å². The highest BCUT2D eigenvalue weighted by Gasteiger charge is 2.11. The standard InChI is InChI=1S/C13H12FN3O5/c1-22-7-2-3-10(18)9(4-7)15-11(19)6-17-5-8(14)12(20)16-13(17)21/h2-5,18H,6H2,1H3,(H,15,19)(H,16,20,21). The number of hydrogen-bond acceptors (Lipinski definition) is 5. The van der Waals surface area contributed by atoms with E-state index < -0.39 is 29.5 Å². The third kappa shape index (κ3) is 3.32. The van der Waals surface area contributed by atoms with E-state index in [1.54, 1.807) is 4.98 Å². The summed E-state index contributed by atoms with van der Waals surface area (Å²) in [5.74, 6) is -1.68. The third-order valence-electron chi connectivity index (χ3n) is 2.76. The number of H-pyrrole nitrogens is 1. The molecule has 9 heteroatoms. The SMILES string of the molecule is COc1ccc(O)c(NC(=O)Cn2cc(F)c(=O)[nH]c2=O)c1. The number of ether oxygens (including phenoxy) is 1. The molecule has 0 atom stereocenters. The van der Waals surface area contributed by atoms with Crippen molar-refractivity contribution in [2.24, 2.45) is 0 Å². The molecule has 0 saturated carbocycles. The number of carbonyl (C=O) groups excluding carboxylic acids is 1. The van der Waals surface area contributed by atoms with Crippen molar-refractivity contribution in [2.45, 2.75) is 6.54 Å². The Hall–Kier alpha value is -3.10. The Morgan fingerprint density at radius 1 is 1.45 bits per heavy atom. The second-order valence-corrected chi connectivity index (χ2v) is 4.30. The van der Waals surface area contributed by atoms with Gasteiger partial charge in [0.2, 0.25) is 11.7 Å². The maximum Gasteiger partial charge on any atom is 0.328 e. The lowest BCUT2D eigenvalue weighted by atomic mass is 10.2. The molecule has 2 aromatic rings. The van der Waals surface area contributed by atoms with Gasteiger partial charge in [-0.05, 0) is 12.1 Å². The van der Waals surface area contributed by atoms with Crippen molar-refractivity contribution in [2.75, 3.05) is 12.4 Å². The molecule has 116 valence electrons. The number of halogens is 1. The summed E-state index contributed by atoms with van der Waals surface area (Å²) >= 11 is 0. The second kappa shape index (κ2) is 6.12. The zero-order valence-corrected chi connectivity index (χ0v) is 11.4. The molecule has 0 fully saturated rings. The van der Waals surface area contributed by atoms with Crippen LogP contribution in [0.5, 0.6) is 11.5 Å². The van der Waals surface area contributed by atoms with Crippen LogP contribution in [0.4, 0.5) is 10.1 Å². The van der Waals surface area contributed by atoms with Gasteiger partial charge < -0.3 is 15.2 Å². The summed E-state index contributed by atoms with van der Waals surface area (Å²) in [5.41, 5.74) is -2.01. The molecule has 0 spiro atoms. The number of phenolic OH excluding ortho intramolecular Hbond substituents is 1. The number of methoxy groups -OCH3 is 1.